The lowest BCUT2D eigenvalue weighted by atomic mass is 10.0. The number of hydrogen-bond acceptors (Lipinski definition) is 1. The van der Waals surface area contributed by atoms with Crippen LogP contribution in [-0.2, 0) is 12.8 Å². The number of methoxy groups -OCH3 is 1. The second-order valence-corrected chi connectivity index (χ2v) is 7.45. The van der Waals surface area contributed by atoms with Gasteiger partial charge in [0.1, 0.15) is 17.4 Å². The van der Waals surface area contributed by atoms with E-state index in [0.717, 1.165) is 17.4 Å². The molecule has 0 aliphatic carbocycles. The van der Waals surface area contributed by atoms with Gasteiger partial charge in [0.2, 0.25) is 0 Å². The van der Waals surface area contributed by atoms with Crippen LogP contribution < -0.4 is 4.74 Å². The zero-order valence-corrected chi connectivity index (χ0v) is 17.5. The number of hydrogen-bond donors (Lipinski definition) is 0. The van der Waals surface area contributed by atoms with Gasteiger partial charge in [0.05, 0.1) is 12.7 Å². The minimum absolute atomic E-state index is 0.0908. The summed E-state index contributed by atoms with van der Waals surface area (Å²) in [6.07, 6.45) is 1.03. The standard InChI is InChI=1S/C27H17F5O/c1-33-20-8-4-16(5-9-20)2-3-18-13-23(28)22(24(29)14-18)11-7-17-6-10-21-19(12-17)15-25(30)27(32)26(21)31/h4-6,8-10,12-15H,2-3H2,1H3. The van der Waals surface area contributed by atoms with Crippen LogP contribution in [0, 0.1) is 40.9 Å². The topological polar surface area (TPSA) is 9.23 Å². The number of fused-ring (bicyclic) bond motifs is 1. The Labute approximate surface area is 187 Å². The lowest BCUT2D eigenvalue weighted by Gasteiger charge is -2.06. The van der Waals surface area contributed by atoms with Crippen LogP contribution in [-0.4, -0.2) is 7.11 Å². The van der Waals surface area contributed by atoms with Crippen molar-refractivity contribution in [1.82, 2.24) is 0 Å². The lowest BCUT2D eigenvalue weighted by molar-refractivity contribution is 0.414. The molecule has 4 aromatic carbocycles. The Balaban J connectivity index is 1.55. The van der Waals surface area contributed by atoms with E-state index < -0.39 is 34.6 Å². The predicted molar refractivity (Wildman–Crippen MR) is 117 cm³/mol. The fraction of sp³-hybridized carbons (Fsp3) is 0.111. The van der Waals surface area contributed by atoms with Gasteiger partial charge in [0.25, 0.3) is 0 Å². The lowest BCUT2D eigenvalue weighted by Crippen LogP contribution is -1.97. The minimum Gasteiger partial charge on any atom is -0.497 e. The van der Waals surface area contributed by atoms with Crippen molar-refractivity contribution < 1.29 is 26.7 Å². The molecule has 4 rings (SSSR count). The van der Waals surface area contributed by atoms with Gasteiger partial charge in [-0.25, -0.2) is 22.0 Å². The second-order valence-electron chi connectivity index (χ2n) is 7.45. The molecule has 0 aliphatic rings. The highest BCUT2D eigenvalue weighted by Crippen LogP contribution is 2.24. The molecule has 0 amide bonds. The van der Waals surface area contributed by atoms with E-state index >= 15 is 0 Å². The van der Waals surface area contributed by atoms with E-state index in [2.05, 4.69) is 11.8 Å². The Morgan fingerprint density at radius 3 is 2.00 bits per heavy atom. The monoisotopic (exact) mass is 452 g/mol. The summed E-state index contributed by atoms with van der Waals surface area (Å²) >= 11 is 0. The predicted octanol–water partition coefficient (Wildman–Crippen LogP) is 6.73. The molecule has 0 heterocycles. The highest BCUT2D eigenvalue weighted by molar-refractivity contribution is 5.84. The van der Waals surface area contributed by atoms with E-state index in [1.165, 1.54) is 30.3 Å². The molecule has 0 saturated heterocycles. The summed E-state index contributed by atoms with van der Waals surface area (Å²) in [5, 5.41) is -0.0222. The zero-order valence-electron chi connectivity index (χ0n) is 17.5. The van der Waals surface area contributed by atoms with Crippen molar-refractivity contribution in [2.75, 3.05) is 7.11 Å². The number of aryl methyl sites for hydroxylation is 2. The molecular formula is C27H17F5O. The van der Waals surface area contributed by atoms with Gasteiger partial charge in [-0.1, -0.05) is 30.0 Å². The van der Waals surface area contributed by atoms with Crippen LogP contribution >= 0.6 is 0 Å². The molecule has 166 valence electrons. The quantitative estimate of drug-likeness (QED) is 0.190. The van der Waals surface area contributed by atoms with E-state index in [-0.39, 0.29) is 16.3 Å². The Morgan fingerprint density at radius 2 is 1.33 bits per heavy atom. The van der Waals surface area contributed by atoms with Crippen LogP contribution in [0.2, 0.25) is 0 Å². The van der Waals surface area contributed by atoms with Gasteiger partial charge in [0, 0.05) is 10.9 Å². The molecule has 0 atom stereocenters. The molecule has 6 heteroatoms. The molecule has 0 N–H and O–H groups in total. The number of ether oxygens (including phenoxy) is 1. The first-order valence-electron chi connectivity index (χ1n) is 10.1. The van der Waals surface area contributed by atoms with Crippen LogP contribution in [0.25, 0.3) is 10.8 Å². The van der Waals surface area contributed by atoms with Crippen LogP contribution in [0.1, 0.15) is 22.3 Å². The van der Waals surface area contributed by atoms with Crippen LogP contribution in [0.3, 0.4) is 0 Å². The van der Waals surface area contributed by atoms with Crippen molar-refractivity contribution in [3.05, 3.63) is 112 Å². The van der Waals surface area contributed by atoms with E-state index in [0.29, 0.717) is 18.4 Å². The summed E-state index contributed by atoms with van der Waals surface area (Å²) in [6.45, 7) is 0. The molecular weight excluding hydrogens is 435 g/mol. The van der Waals surface area contributed by atoms with Crippen LogP contribution in [0.15, 0.2) is 60.7 Å². The molecule has 0 fully saturated rings. The first kappa shape index (κ1) is 22.3. The minimum atomic E-state index is -1.56. The van der Waals surface area contributed by atoms with Gasteiger partial charge in [-0.15, -0.1) is 0 Å². The molecule has 0 aliphatic heterocycles. The van der Waals surface area contributed by atoms with E-state index in [4.69, 9.17) is 4.74 Å². The van der Waals surface area contributed by atoms with Crippen LogP contribution in [0.5, 0.6) is 5.75 Å². The Morgan fingerprint density at radius 1 is 0.667 bits per heavy atom. The number of benzene rings is 4. The van der Waals surface area contributed by atoms with E-state index in [9.17, 15) is 22.0 Å². The first-order chi connectivity index (χ1) is 15.9. The molecule has 0 radical (unpaired) electrons. The summed E-state index contributed by atoms with van der Waals surface area (Å²) in [5.41, 5.74) is 1.37. The summed E-state index contributed by atoms with van der Waals surface area (Å²) in [5.74, 6) is -0.0151. The third-order valence-electron chi connectivity index (χ3n) is 5.27. The average molecular weight is 452 g/mol. The third-order valence-corrected chi connectivity index (χ3v) is 5.27. The smallest absolute Gasteiger partial charge is 0.195 e. The van der Waals surface area contributed by atoms with Crippen molar-refractivity contribution in [3.63, 3.8) is 0 Å². The highest BCUT2D eigenvalue weighted by atomic mass is 19.2. The maximum atomic E-state index is 14.5. The van der Waals surface area contributed by atoms with Crippen molar-refractivity contribution in [3.8, 4) is 17.6 Å². The van der Waals surface area contributed by atoms with Gasteiger partial charge in [-0.3, -0.25) is 0 Å². The maximum absolute atomic E-state index is 14.5. The summed E-state index contributed by atoms with van der Waals surface area (Å²) in [4.78, 5) is 0. The average Bonchev–Trinajstić information content (AvgIpc) is 2.81. The van der Waals surface area contributed by atoms with Gasteiger partial charge >= 0.3 is 0 Å². The molecule has 0 unspecified atom stereocenters. The summed E-state index contributed by atoms with van der Waals surface area (Å²) in [6, 6.07) is 14.7. The molecule has 1 nitrogen and oxygen atoms in total. The maximum Gasteiger partial charge on any atom is 0.195 e. The Hall–Kier alpha value is -3.85. The molecule has 4 aromatic rings. The Bertz CT molecular complexity index is 1380. The number of rotatable bonds is 4. The Kier molecular flexibility index (Phi) is 6.32. The largest absolute Gasteiger partial charge is 0.497 e. The van der Waals surface area contributed by atoms with Crippen molar-refractivity contribution in [1.29, 1.82) is 0 Å². The van der Waals surface area contributed by atoms with Gasteiger partial charge in [-0.05, 0) is 71.8 Å². The fourth-order valence-electron chi connectivity index (χ4n) is 3.49. The molecule has 33 heavy (non-hydrogen) atoms. The fourth-order valence-corrected chi connectivity index (χ4v) is 3.49. The molecule has 0 aromatic heterocycles. The highest BCUT2D eigenvalue weighted by Gasteiger charge is 2.14. The van der Waals surface area contributed by atoms with Gasteiger partial charge < -0.3 is 4.74 Å². The van der Waals surface area contributed by atoms with Crippen molar-refractivity contribution in [2.45, 2.75) is 12.8 Å². The molecule has 0 bridgehead atoms. The molecule has 0 spiro atoms. The first-order valence-corrected chi connectivity index (χ1v) is 10.1. The second kappa shape index (κ2) is 9.33. The third kappa shape index (κ3) is 4.83. The SMILES string of the molecule is COc1ccc(CCc2cc(F)c(C#Cc3ccc4c(F)c(F)c(F)cc4c3)c(F)c2)cc1. The summed E-state index contributed by atoms with van der Waals surface area (Å²) in [7, 11) is 1.58. The van der Waals surface area contributed by atoms with Crippen LogP contribution in [0.4, 0.5) is 22.0 Å². The van der Waals surface area contributed by atoms with E-state index in [1.54, 1.807) is 7.11 Å². The molecule has 0 saturated carbocycles. The van der Waals surface area contributed by atoms with Gasteiger partial charge in [-0.2, -0.15) is 0 Å². The van der Waals surface area contributed by atoms with Gasteiger partial charge in [0.15, 0.2) is 17.5 Å². The normalized spacial score (nSPS) is 10.7. The van der Waals surface area contributed by atoms with E-state index in [1.807, 2.05) is 24.3 Å². The summed E-state index contributed by atoms with van der Waals surface area (Å²) < 4.78 is 74.9. The van der Waals surface area contributed by atoms with Crippen molar-refractivity contribution >= 4 is 10.8 Å². The zero-order chi connectivity index (χ0) is 23.5. The van der Waals surface area contributed by atoms with Crippen molar-refractivity contribution in [2.24, 2.45) is 0 Å². The number of halogens is 5.